The van der Waals surface area contributed by atoms with Crippen molar-refractivity contribution < 1.29 is 13.2 Å². The number of hydrogen-bond acceptors (Lipinski definition) is 6. The monoisotopic (exact) mass is 416 g/mol. The van der Waals surface area contributed by atoms with Crippen molar-refractivity contribution in [2.45, 2.75) is 25.7 Å². The second kappa shape index (κ2) is 7.79. The van der Waals surface area contributed by atoms with Crippen LogP contribution in [0.5, 0.6) is 0 Å². The number of anilines is 1. The molecule has 1 aliphatic heterocycles. The molecule has 0 aromatic carbocycles. The summed E-state index contributed by atoms with van der Waals surface area (Å²) in [4.78, 5) is 15.4. The first-order valence-corrected chi connectivity index (χ1v) is 9.35. The third-order valence-corrected chi connectivity index (χ3v) is 5.13. The molecule has 1 aliphatic rings. The molecule has 11 heteroatoms. The third kappa shape index (κ3) is 3.99. The number of nitrogens with zero attached hydrogens (tertiary/aromatic N) is 6. The Kier molecular flexibility index (Phi) is 5.17. The summed E-state index contributed by atoms with van der Waals surface area (Å²) >= 11 is 0. The topological polar surface area (TPSA) is 101 Å². The van der Waals surface area contributed by atoms with Crippen LogP contribution < -0.4 is 4.90 Å². The summed E-state index contributed by atoms with van der Waals surface area (Å²) in [6.07, 6.45) is -0.304. The molecule has 0 spiro atoms. The maximum absolute atomic E-state index is 12.8. The number of nitrogens with one attached hydrogen (secondary N) is 2. The summed E-state index contributed by atoms with van der Waals surface area (Å²) in [5.74, 6) is 1.10. The highest BCUT2D eigenvalue weighted by molar-refractivity contribution is 5.55. The number of H-pyrrole nitrogens is 2. The fraction of sp³-hybridized carbons (Fsp3) is 0.368. The van der Waals surface area contributed by atoms with Gasteiger partial charge in [0.1, 0.15) is 23.3 Å². The van der Waals surface area contributed by atoms with Crippen molar-refractivity contribution in [3.05, 3.63) is 47.5 Å². The molecule has 1 unspecified atom stereocenters. The van der Waals surface area contributed by atoms with Gasteiger partial charge in [-0.3, -0.25) is 10.00 Å². The first-order valence-electron chi connectivity index (χ1n) is 9.35. The fourth-order valence-corrected chi connectivity index (χ4v) is 3.62. The van der Waals surface area contributed by atoms with Gasteiger partial charge >= 0.3 is 6.18 Å². The fourth-order valence-electron chi connectivity index (χ4n) is 3.62. The molecule has 1 atom stereocenters. The molecule has 0 aliphatic carbocycles. The Morgan fingerprint density at radius 2 is 2.03 bits per heavy atom. The minimum absolute atomic E-state index is 0.0761. The van der Waals surface area contributed by atoms with Crippen LogP contribution in [0.2, 0.25) is 0 Å². The second-order valence-corrected chi connectivity index (χ2v) is 7.21. The van der Waals surface area contributed by atoms with Crippen LogP contribution in [0.15, 0.2) is 30.7 Å². The van der Waals surface area contributed by atoms with Gasteiger partial charge < -0.3 is 9.88 Å². The molecular weight excluding hydrogens is 397 g/mol. The van der Waals surface area contributed by atoms with Crippen molar-refractivity contribution in [2.24, 2.45) is 0 Å². The lowest BCUT2D eigenvalue weighted by Gasteiger charge is -2.40. The van der Waals surface area contributed by atoms with E-state index in [1.165, 1.54) is 12.3 Å². The molecule has 0 bridgehead atoms. The standard InChI is InChI=1S/C19H19F3N8/c1-12-10-29(4-5-30(12)16-3-2-14(8-24-16)19(20,21)22)11-13-7-26-28-17(13)18-25-9-15(6-23)27-18/h2-3,7-9,12H,4-5,10-11H2,1H3,(H,25,27)(H,26,28). The van der Waals surface area contributed by atoms with Crippen LogP contribution in [0.4, 0.5) is 19.0 Å². The van der Waals surface area contributed by atoms with Gasteiger partial charge in [-0.25, -0.2) is 9.97 Å². The van der Waals surface area contributed by atoms with Crippen molar-refractivity contribution in [1.29, 1.82) is 5.26 Å². The van der Waals surface area contributed by atoms with Gasteiger partial charge in [0.15, 0.2) is 5.82 Å². The van der Waals surface area contributed by atoms with E-state index in [2.05, 4.69) is 30.0 Å². The first-order chi connectivity index (χ1) is 14.3. The molecule has 2 N–H and O–H groups in total. The van der Waals surface area contributed by atoms with Crippen LogP contribution in [0, 0.1) is 11.3 Å². The van der Waals surface area contributed by atoms with Crippen LogP contribution in [0.1, 0.15) is 23.7 Å². The molecule has 0 radical (unpaired) electrons. The summed E-state index contributed by atoms with van der Waals surface area (Å²) in [7, 11) is 0. The SMILES string of the molecule is CC1CN(Cc2cn[nH]c2-c2ncc(C#N)[nH]2)CCN1c1ccc(C(F)(F)F)cn1. The number of rotatable bonds is 4. The van der Waals surface area contributed by atoms with E-state index in [1.807, 2.05) is 17.9 Å². The Labute approximate surface area is 170 Å². The quantitative estimate of drug-likeness (QED) is 0.678. The Morgan fingerprint density at radius 3 is 2.67 bits per heavy atom. The molecule has 156 valence electrons. The minimum atomic E-state index is -4.39. The highest BCUT2D eigenvalue weighted by atomic mass is 19.4. The molecule has 4 rings (SSSR count). The van der Waals surface area contributed by atoms with E-state index < -0.39 is 11.7 Å². The molecule has 3 aromatic rings. The van der Waals surface area contributed by atoms with E-state index in [0.717, 1.165) is 36.6 Å². The highest BCUT2D eigenvalue weighted by Crippen LogP contribution is 2.30. The summed E-state index contributed by atoms with van der Waals surface area (Å²) in [6, 6.07) is 4.58. The smallest absolute Gasteiger partial charge is 0.351 e. The van der Waals surface area contributed by atoms with Crippen LogP contribution in [0.3, 0.4) is 0 Å². The number of halogens is 3. The van der Waals surface area contributed by atoms with Crippen LogP contribution in [-0.4, -0.2) is 55.7 Å². The minimum Gasteiger partial charge on any atom is -0.351 e. The number of imidazole rings is 1. The number of alkyl halides is 3. The predicted molar refractivity (Wildman–Crippen MR) is 102 cm³/mol. The molecule has 3 aromatic heterocycles. The van der Waals surface area contributed by atoms with Crippen molar-refractivity contribution >= 4 is 5.82 Å². The third-order valence-electron chi connectivity index (χ3n) is 5.13. The number of aromatic nitrogens is 5. The molecule has 1 saturated heterocycles. The van der Waals surface area contributed by atoms with E-state index in [-0.39, 0.29) is 6.04 Å². The van der Waals surface area contributed by atoms with E-state index in [9.17, 15) is 13.2 Å². The average Bonchev–Trinajstić information content (AvgIpc) is 3.36. The van der Waals surface area contributed by atoms with Crippen molar-refractivity contribution in [3.8, 4) is 17.6 Å². The molecule has 8 nitrogen and oxygen atoms in total. The Morgan fingerprint density at radius 1 is 1.20 bits per heavy atom. The molecule has 4 heterocycles. The second-order valence-electron chi connectivity index (χ2n) is 7.21. The van der Waals surface area contributed by atoms with Gasteiger partial charge in [-0.05, 0) is 19.1 Å². The van der Waals surface area contributed by atoms with E-state index >= 15 is 0 Å². The lowest BCUT2D eigenvalue weighted by molar-refractivity contribution is -0.137. The lowest BCUT2D eigenvalue weighted by atomic mass is 10.1. The molecule has 0 saturated carbocycles. The Hall–Kier alpha value is -3.39. The predicted octanol–water partition coefficient (Wildman–Crippen LogP) is 2.80. The normalized spacial score (nSPS) is 17.8. The van der Waals surface area contributed by atoms with Crippen LogP contribution in [0.25, 0.3) is 11.5 Å². The van der Waals surface area contributed by atoms with Gasteiger partial charge in [-0.2, -0.15) is 23.5 Å². The van der Waals surface area contributed by atoms with Gasteiger partial charge in [-0.15, -0.1) is 0 Å². The summed E-state index contributed by atoms with van der Waals surface area (Å²) in [5.41, 5.74) is 1.30. The highest BCUT2D eigenvalue weighted by Gasteiger charge is 2.32. The summed E-state index contributed by atoms with van der Waals surface area (Å²) in [6.45, 7) is 4.74. The first kappa shape index (κ1) is 19.9. The van der Waals surface area contributed by atoms with Gasteiger partial charge in [0, 0.05) is 44.0 Å². The summed E-state index contributed by atoms with van der Waals surface area (Å²) in [5, 5.41) is 16.0. The maximum Gasteiger partial charge on any atom is 0.417 e. The zero-order valence-corrected chi connectivity index (χ0v) is 16.1. The van der Waals surface area contributed by atoms with Gasteiger partial charge in [-0.1, -0.05) is 0 Å². The number of piperazine rings is 1. The van der Waals surface area contributed by atoms with Crippen LogP contribution in [-0.2, 0) is 12.7 Å². The summed E-state index contributed by atoms with van der Waals surface area (Å²) < 4.78 is 38.3. The van der Waals surface area contributed by atoms with Crippen LogP contribution >= 0.6 is 0 Å². The van der Waals surface area contributed by atoms with E-state index in [0.29, 0.717) is 30.4 Å². The van der Waals surface area contributed by atoms with E-state index in [1.54, 1.807) is 6.20 Å². The van der Waals surface area contributed by atoms with Crippen molar-refractivity contribution in [2.75, 3.05) is 24.5 Å². The number of nitriles is 1. The number of hydrogen-bond donors (Lipinski definition) is 2. The molecule has 0 amide bonds. The van der Waals surface area contributed by atoms with Gasteiger partial charge in [0.05, 0.1) is 18.0 Å². The molecule has 30 heavy (non-hydrogen) atoms. The van der Waals surface area contributed by atoms with Crippen molar-refractivity contribution in [3.63, 3.8) is 0 Å². The van der Waals surface area contributed by atoms with Gasteiger partial charge in [0.25, 0.3) is 0 Å². The van der Waals surface area contributed by atoms with Gasteiger partial charge in [0.2, 0.25) is 0 Å². The average molecular weight is 416 g/mol. The zero-order chi connectivity index (χ0) is 21.3. The van der Waals surface area contributed by atoms with Crippen molar-refractivity contribution in [1.82, 2.24) is 30.0 Å². The largest absolute Gasteiger partial charge is 0.417 e. The maximum atomic E-state index is 12.8. The number of pyridine rings is 1. The Balaban J connectivity index is 1.42. The molecular formula is C19H19F3N8. The number of aromatic amines is 2. The lowest BCUT2D eigenvalue weighted by Crippen LogP contribution is -2.51. The van der Waals surface area contributed by atoms with E-state index in [4.69, 9.17) is 5.26 Å². The zero-order valence-electron chi connectivity index (χ0n) is 16.1. The molecule has 1 fully saturated rings. The Bertz CT molecular complexity index is 1050.